The third-order valence-electron chi connectivity index (χ3n) is 4.69. The number of ether oxygens (including phenoxy) is 1. The third kappa shape index (κ3) is 4.22. The Morgan fingerprint density at radius 2 is 1.39 bits per heavy atom. The summed E-state index contributed by atoms with van der Waals surface area (Å²) in [6.45, 7) is 0.564. The van der Waals surface area contributed by atoms with Gasteiger partial charge in [-0.1, -0.05) is 79.9 Å². The van der Waals surface area contributed by atoms with Gasteiger partial charge in [-0.05, 0) is 29.9 Å². The molecular formula is C21H24O2. The standard InChI is InChI=1S/C21H24O2/c22-21(23-16-17-10-4-1-5-11-17)20(18-12-6-2-7-13-18)19-14-8-3-9-15-19/h2-3,6-9,12-15,17,20H,1,4-5,10-11,16H2. The molecule has 0 radical (unpaired) electrons. The summed E-state index contributed by atoms with van der Waals surface area (Å²) in [4.78, 5) is 12.8. The number of hydrogen-bond acceptors (Lipinski definition) is 2. The van der Waals surface area contributed by atoms with E-state index in [0.29, 0.717) is 12.5 Å². The summed E-state index contributed by atoms with van der Waals surface area (Å²) in [6.07, 6.45) is 6.23. The van der Waals surface area contributed by atoms with E-state index < -0.39 is 0 Å². The van der Waals surface area contributed by atoms with Crippen LogP contribution in [0.4, 0.5) is 0 Å². The minimum atomic E-state index is -0.332. The van der Waals surface area contributed by atoms with Crippen molar-refractivity contribution in [1.82, 2.24) is 0 Å². The fourth-order valence-electron chi connectivity index (χ4n) is 3.39. The van der Waals surface area contributed by atoms with Crippen molar-refractivity contribution in [1.29, 1.82) is 0 Å². The number of carbonyl (C=O) groups excluding carboxylic acids is 1. The van der Waals surface area contributed by atoms with Crippen molar-refractivity contribution in [2.75, 3.05) is 6.61 Å². The van der Waals surface area contributed by atoms with Crippen LogP contribution in [0.1, 0.15) is 49.1 Å². The molecule has 1 aliphatic rings. The van der Waals surface area contributed by atoms with Gasteiger partial charge >= 0.3 is 5.97 Å². The van der Waals surface area contributed by atoms with E-state index in [-0.39, 0.29) is 11.9 Å². The zero-order chi connectivity index (χ0) is 15.9. The van der Waals surface area contributed by atoms with Crippen molar-refractivity contribution in [3.05, 3.63) is 71.8 Å². The highest BCUT2D eigenvalue weighted by molar-refractivity contribution is 5.82. The van der Waals surface area contributed by atoms with Crippen molar-refractivity contribution in [3.8, 4) is 0 Å². The van der Waals surface area contributed by atoms with Gasteiger partial charge in [0.05, 0.1) is 6.61 Å². The van der Waals surface area contributed by atoms with Crippen LogP contribution in [0, 0.1) is 5.92 Å². The van der Waals surface area contributed by atoms with Gasteiger partial charge in [0.2, 0.25) is 0 Å². The van der Waals surface area contributed by atoms with Crippen LogP contribution in [0.3, 0.4) is 0 Å². The molecule has 23 heavy (non-hydrogen) atoms. The Morgan fingerprint density at radius 1 is 0.870 bits per heavy atom. The average Bonchev–Trinajstić information content (AvgIpc) is 2.63. The van der Waals surface area contributed by atoms with Crippen LogP contribution in [0.15, 0.2) is 60.7 Å². The molecule has 1 saturated carbocycles. The Labute approximate surface area is 138 Å². The largest absolute Gasteiger partial charge is 0.465 e. The highest BCUT2D eigenvalue weighted by Crippen LogP contribution is 2.28. The Morgan fingerprint density at radius 3 is 1.91 bits per heavy atom. The van der Waals surface area contributed by atoms with E-state index >= 15 is 0 Å². The van der Waals surface area contributed by atoms with E-state index in [9.17, 15) is 4.79 Å². The second-order valence-electron chi connectivity index (χ2n) is 6.39. The lowest BCUT2D eigenvalue weighted by Gasteiger charge is -2.23. The first kappa shape index (κ1) is 15.8. The molecule has 0 heterocycles. The molecule has 3 rings (SSSR count). The maximum Gasteiger partial charge on any atom is 0.317 e. The molecule has 1 fully saturated rings. The van der Waals surface area contributed by atoms with Crippen LogP contribution in [-0.2, 0) is 9.53 Å². The fraction of sp³-hybridized carbons (Fsp3) is 0.381. The second-order valence-corrected chi connectivity index (χ2v) is 6.39. The molecule has 2 aromatic rings. The van der Waals surface area contributed by atoms with Crippen molar-refractivity contribution in [2.45, 2.75) is 38.0 Å². The smallest absolute Gasteiger partial charge is 0.317 e. The molecule has 0 unspecified atom stereocenters. The summed E-state index contributed by atoms with van der Waals surface area (Å²) < 4.78 is 5.71. The molecule has 0 saturated heterocycles. The predicted molar refractivity (Wildman–Crippen MR) is 92.3 cm³/mol. The lowest BCUT2D eigenvalue weighted by molar-refractivity contribution is -0.146. The maximum absolute atomic E-state index is 12.8. The molecule has 1 aliphatic carbocycles. The van der Waals surface area contributed by atoms with Crippen LogP contribution in [0.25, 0.3) is 0 Å². The molecule has 0 amide bonds. The highest BCUT2D eigenvalue weighted by Gasteiger charge is 2.25. The lowest BCUT2D eigenvalue weighted by atomic mass is 9.89. The Hall–Kier alpha value is -2.09. The molecule has 2 heteroatoms. The van der Waals surface area contributed by atoms with Gasteiger partial charge in [0.15, 0.2) is 0 Å². The summed E-state index contributed by atoms with van der Waals surface area (Å²) in [5.74, 6) is 0.0776. The van der Waals surface area contributed by atoms with Crippen LogP contribution >= 0.6 is 0 Å². The molecule has 0 spiro atoms. The Bertz CT molecular complexity index is 561. The average molecular weight is 308 g/mol. The minimum Gasteiger partial charge on any atom is -0.465 e. The van der Waals surface area contributed by atoms with Gasteiger partial charge in [0, 0.05) is 0 Å². The maximum atomic E-state index is 12.8. The molecule has 2 nitrogen and oxygen atoms in total. The van der Waals surface area contributed by atoms with Gasteiger partial charge in [0.1, 0.15) is 5.92 Å². The summed E-state index contributed by atoms with van der Waals surface area (Å²) in [5.41, 5.74) is 1.99. The quantitative estimate of drug-likeness (QED) is 0.731. The van der Waals surface area contributed by atoms with Crippen LogP contribution in [-0.4, -0.2) is 12.6 Å². The van der Waals surface area contributed by atoms with Crippen molar-refractivity contribution >= 4 is 5.97 Å². The van der Waals surface area contributed by atoms with Gasteiger partial charge in [-0.2, -0.15) is 0 Å². The van der Waals surface area contributed by atoms with Crippen LogP contribution in [0.5, 0.6) is 0 Å². The predicted octanol–water partition coefficient (Wildman–Crippen LogP) is 4.94. The Balaban J connectivity index is 1.74. The summed E-state index contributed by atoms with van der Waals surface area (Å²) in [6, 6.07) is 19.8. The second kappa shape index (κ2) is 7.96. The molecule has 120 valence electrons. The first-order valence-corrected chi connectivity index (χ1v) is 8.61. The molecule has 0 aromatic heterocycles. The lowest BCUT2D eigenvalue weighted by Crippen LogP contribution is -2.22. The topological polar surface area (TPSA) is 26.3 Å². The van der Waals surface area contributed by atoms with Crippen molar-refractivity contribution in [3.63, 3.8) is 0 Å². The highest BCUT2D eigenvalue weighted by atomic mass is 16.5. The third-order valence-corrected chi connectivity index (χ3v) is 4.69. The minimum absolute atomic E-state index is 0.132. The van der Waals surface area contributed by atoms with E-state index in [2.05, 4.69) is 0 Å². The molecule has 0 N–H and O–H groups in total. The van der Waals surface area contributed by atoms with E-state index in [0.717, 1.165) is 11.1 Å². The van der Waals surface area contributed by atoms with Gasteiger partial charge in [-0.15, -0.1) is 0 Å². The van der Waals surface area contributed by atoms with Crippen molar-refractivity contribution in [2.24, 2.45) is 5.92 Å². The summed E-state index contributed by atoms with van der Waals surface area (Å²) >= 11 is 0. The molecule has 2 aromatic carbocycles. The normalized spacial score (nSPS) is 15.5. The van der Waals surface area contributed by atoms with Gasteiger partial charge in [-0.25, -0.2) is 0 Å². The van der Waals surface area contributed by atoms with Gasteiger partial charge in [-0.3, -0.25) is 4.79 Å². The fourth-order valence-corrected chi connectivity index (χ4v) is 3.39. The first-order valence-electron chi connectivity index (χ1n) is 8.61. The first-order chi connectivity index (χ1) is 11.3. The summed E-state index contributed by atoms with van der Waals surface area (Å²) in [7, 11) is 0. The molecule has 0 aliphatic heterocycles. The SMILES string of the molecule is O=C(OCC1CCCCC1)C(c1ccccc1)c1ccccc1. The number of rotatable bonds is 5. The van der Waals surface area contributed by atoms with E-state index in [1.165, 1.54) is 32.1 Å². The monoisotopic (exact) mass is 308 g/mol. The van der Waals surface area contributed by atoms with Crippen molar-refractivity contribution < 1.29 is 9.53 Å². The number of hydrogen-bond donors (Lipinski definition) is 0. The van der Waals surface area contributed by atoms with Gasteiger partial charge in [0.25, 0.3) is 0 Å². The molecule has 0 bridgehead atoms. The number of benzene rings is 2. The zero-order valence-corrected chi connectivity index (χ0v) is 13.5. The van der Waals surface area contributed by atoms with E-state index in [1.807, 2.05) is 60.7 Å². The number of esters is 1. The Kier molecular flexibility index (Phi) is 5.46. The van der Waals surface area contributed by atoms with Crippen LogP contribution in [0.2, 0.25) is 0 Å². The van der Waals surface area contributed by atoms with E-state index in [1.54, 1.807) is 0 Å². The summed E-state index contributed by atoms with van der Waals surface area (Å²) in [5, 5.41) is 0. The number of carbonyl (C=O) groups is 1. The van der Waals surface area contributed by atoms with Crippen LogP contribution < -0.4 is 0 Å². The zero-order valence-electron chi connectivity index (χ0n) is 13.5. The van der Waals surface area contributed by atoms with Gasteiger partial charge < -0.3 is 4.74 Å². The molecule has 0 atom stereocenters. The van der Waals surface area contributed by atoms with E-state index in [4.69, 9.17) is 4.74 Å². The molecular weight excluding hydrogens is 284 g/mol.